The Balaban J connectivity index is 2.02. The van der Waals surface area contributed by atoms with Crippen molar-refractivity contribution in [2.24, 2.45) is 0 Å². The average Bonchev–Trinajstić information content (AvgIpc) is 2.65. The number of amides is 1. The minimum absolute atomic E-state index is 0.0956. The summed E-state index contributed by atoms with van der Waals surface area (Å²) in [4.78, 5) is 13.9. The molecule has 2 aromatic carbocycles. The van der Waals surface area contributed by atoms with Crippen LogP contribution in [-0.4, -0.2) is 37.6 Å². The number of ether oxygens (including phenoxy) is 2. The monoisotopic (exact) mass is 411 g/mol. The number of nitrogens with zero attached hydrogens (tertiary/aromatic N) is 1. The highest BCUT2D eigenvalue weighted by atomic mass is 32.2. The number of para-hydroxylation sites is 1. The molecule has 0 aliphatic carbocycles. The third kappa shape index (κ3) is 6.23. The lowest BCUT2D eigenvalue weighted by atomic mass is 10.1. The number of hydrogen-bond donors (Lipinski definition) is 0. The molecule has 0 aliphatic rings. The summed E-state index contributed by atoms with van der Waals surface area (Å²) in [6.45, 7) is 0.310. The number of thioether (sulfide) groups is 1. The molecule has 4 nitrogen and oxygen atoms in total. The van der Waals surface area contributed by atoms with Gasteiger partial charge in [-0.2, -0.15) is 13.2 Å². The van der Waals surface area contributed by atoms with Gasteiger partial charge in [0.2, 0.25) is 5.91 Å². The molecular weight excluding hydrogens is 391 g/mol. The van der Waals surface area contributed by atoms with E-state index in [0.717, 1.165) is 5.56 Å². The van der Waals surface area contributed by atoms with Gasteiger partial charge in [-0.25, -0.2) is 0 Å². The van der Waals surface area contributed by atoms with E-state index in [1.54, 1.807) is 19.2 Å². The van der Waals surface area contributed by atoms with Crippen molar-refractivity contribution in [1.29, 1.82) is 0 Å². The summed E-state index contributed by atoms with van der Waals surface area (Å²) < 4.78 is 47.7. The topological polar surface area (TPSA) is 38.8 Å². The maximum absolute atomic E-state index is 12.3. The zero-order chi connectivity index (χ0) is 20.7. The zero-order valence-corrected chi connectivity index (χ0v) is 16.4. The van der Waals surface area contributed by atoms with Gasteiger partial charge in [0.25, 0.3) is 0 Å². The Morgan fingerprint density at radius 3 is 2.36 bits per heavy atom. The molecular formula is C20H20F3NO3S. The summed E-state index contributed by atoms with van der Waals surface area (Å²) >= 11 is -0.175. The van der Waals surface area contributed by atoms with E-state index in [0.29, 0.717) is 23.6 Å². The van der Waals surface area contributed by atoms with Gasteiger partial charge in [-0.15, -0.1) is 0 Å². The lowest BCUT2D eigenvalue weighted by molar-refractivity contribution is -0.125. The van der Waals surface area contributed by atoms with Crippen LogP contribution in [0.5, 0.6) is 11.5 Å². The first-order valence-electron chi connectivity index (χ1n) is 8.22. The van der Waals surface area contributed by atoms with Crippen molar-refractivity contribution in [3.63, 3.8) is 0 Å². The second kappa shape index (κ2) is 9.54. The van der Waals surface area contributed by atoms with E-state index in [1.165, 1.54) is 49.5 Å². The number of carbonyl (C=O) groups excluding carboxylic acids is 1. The normalized spacial score (nSPS) is 11.5. The summed E-state index contributed by atoms with van der Waals surface area (Å²) in [5.41, 5.74) is -2.90. The SMILES string of the molecule is COc1cccc(CN(C)C(=O)/C=C/c2ccc(SC(F)(F)F)cc2)c1OC. The van der Waals surface area contributed by atoms with Gasteiger partial charge in [0.1, 0.15) is 0 Å². The molecule has 1 amide bonds. The van der Waals surface area contributed by atoms with Crippen LogP contribution < -0.4 is 9.47 Å². The van der Waals surface area contributed by atoms with Crippen LogP contribution in [-0.2, 0) is 11.3 Å². The molecule has 28 heavy (non-hydrogen) atoms. The van der Waals surface area contributed by atoms with Crippen molar-refractivity contribution in [1.82, 2.24) is 4.90 Å². The third-order valence-electron chi connectivity index (χ3n) is 3.80. The molecule has 0 unspecified atom stereocenters. The molecule has 0 heterocycles. The maximum Gasteiger partial charge on any atom is 0.446 e. The molecule has 0 saturated heterocycles. The Kier molecular flexibility index (Phi) is 7.39. The van der Waals surface area contributed by atoms with E-state index in [2.05, 4.69) is 0 Å². The van der Waals surface area contributed by atoms with Crippen molar-refractivity contribution >= 4 is 23.7 Å². The van der Waals surface area contributed by atoms with E-state index >= 15 is 0 Å². The van der Waals surface area contributed by atoms with E-state index < -0.39 is 5.51 Å². The first kappa shape index (κ1) is 21.7. The third-order valence-corrected chi connectivity index (χ3v) is 4.54. The van der Waals surface area contributed by atoms with E-state index in [1.807, 2.05) is 12.1 Å². The van der Waals surface area contributed by atoms with Crippen molar-refractivity contribution in [3.8, 4) is 11.5 Å². The molecule has 150 valence electrons. The number of benzene rings is 2. The molecule has 0 saturated carbocycles. The summed E-state index contributed by atoms with van der Waals surface area (Å²) in [6, 6.07) is 11.2. The number of halogens is 3. The number of hydrogen-bond acceptors (Lipinski definition) is 4. The number of rotatable bonds is 7. The van der Waals surface area contributed by atoms with Crippen molar-refractivity contribution in [2.75, 3.05) is 21.3 Å². The molecule has 0 aromatic heterocycles. The molecule has 0 bridgehead atoms. The van der Waals surface area contributed by atoms with E-state index in [-0.39, 0.29) is 22.6 Å². The largest absolute Gasteiger partial charge is 0.493 e. The Bertz CT molecular complexity index is 836. The Labute approximate surface area is 165 Å². The lowest BCUT2D eigenvalue weighted by Gasteiger charge is -2.18. The lowest BCUT2D eigenvalue weighted by Crippen LogP contribution is -2.24. The summed E-state index contributed by atoms with van der Waals surface area (Å²) in [5, 5.41) is 0. The number of likely N-dealkylation sites (N-methyl/N-ethyl adjacent to an activating group) is 1. The van der Waals surface area contributed by atoms with Gasteiger partial charge in [0, 0.05) is 30.1 Å². The molecule has 0 fully saturated rings. The van der Waals surface area contributed by atoms with Gasteiger partial charge in [-0.1, -0.05) is 24.3 Å². The van der Waals surface area contributed by atoms with Crippen molar-refractivity contribution in [3.05, 3.63) is 59.7 Å². The fourth-order valence-electron chi connectivity index (χ4n) is 2.49. The zero-order valence-electron chi connectivity index (χ0n) is 15.6. The van der Waals surface area contributed by atoms with Crippen LogP contribution in [0.1, 0.15) is 11.1 Å². The van der Waals surface area contributed by atoms with Gasteiger partial charge in [0.05, 0.1) is 14.2 Å². The standard InChI is InChI=1S/C20H20F3NO3S/c1-24(13-15-5-4-6-17(26-2)19(15)27-3)18(25)12-9-14-7-10-16(11-8-14)28-20(21,22)23/h4-12H,13H2,1-3H3/b12-9+. The van der Waals surface area contributed by atoms with Crippen LogP contribution in [0.15, 0.2) is 53.4 Å². The van der Waals surface area contributed by atoms with Gasteiger partial charge in [-0.3, -0.25) is 4.79 Å². The van der Waals surface area contributed by atoms with Gasteiger partial charge in [0.15, 0.2) is 11.5 Å². The van der Waals surface area contributed by atoms with Gasteiger partial charge < -0.3 is 14.4 Å². The van der Waals surface area contributed by atoms with Crippen molar-refractivity contribution < 1.29 is 27.4 Å². The average molecular weight is 411 g/mol. The smallest absolute Gasteiger partial charge is 0.446 e. The minimum Gasteiger partial charge on any atom is -0.493 e. The molecule has 0 N–H and O–H groups in total. The van der Waals surface area contributed by atoms with Crippen LogP contribution in [0.4, 0.5) is 13.2 Å². The fourth-order valence-corrected chi connectivity index (χ4v) is 3.03. The van der Waals surface area contributed by atoms with Crippen LogP contribution >= 0.6 is 11.8 Å². The summed E-state index contributed by atoms with van der Waals surface area (Å²) in [5.74, 6) is 0.887. The Morgan fingerprint density at radius 1 is 1.11 bits per heavy atom. The second-order valence-corrected chi connectivity index (χ2v) is 6.94. The Hall–Kier alpha value is -2.61. The Morgan fingerprint density at radius 2 is 1.79 bits per heavy atom. The highest BCUT2D eigenvalue weighted by Crippen LogP contribution is 2.36. The molecule has 0 aliphatic heterocycles. The fraction of sp³-hybridized carbons (Fsp3) is 0.250. The predicted molar refractivity (Wildman–Crippen MR) is 103 cm³/mol. The molecule has 0 radical (unpaired) electrons. The predicted octanol–water partition coefficient (Wildman–Crippen LogP) is 4.99. The van der Waals surface area contributed by atoms with Crippen LogP contribution in [0.2, 0.25) is 0 Å². The first-order valence-corrected chi connectivity index (χ1v) is 9.04. The maximum atomic E-state index is 12.3. The van der Waals surface area contributed by atoms with Gasteiger partial charge >= 0.3 is 5.51 Å². The molecule has 0 spiro atoms. The highest BCUT2D eigenvalue weighted by Gasteiger charge is 2.28. The van der Waals surface area contributed by atoms with Crippen LogP contribution in [0.3, 0.4) is 0 Å². The minimum atomic E-state index is -4.32. The molecule has 8 heteroatoms. The van der Waals surface area contributed by atoms with Crippen LogP contribution in [0.25, 0.3) is 6.08 Å². The van der Waals surface area contributed by atoms with E-state index in [4.69, 9.17) is 9.47 Å². The summed E-state index contributed by atoms with van der Waals surface area (Å²) in [6.07, 6.45) is 2.93. The van der Waals surface area contributed by atoms with Crippen molar-refractivity contribution in [2.45, 2.75) is 16.9 Å². The first-order chi connectivity index (χ1) is 13.2. The number of carbonyl (C=O) groups is 1. The highest BCUT2D eigenvalue weighted by molar-refractivity contribution is 8.00. The summed E-state index contributed by atoms with van der Waals surface area (Å²) in [7, 11) is 4.72. The second-order valence-electron chi connectivity index (χ2n) is 5.80. The number of methoxy groups -OCH3 is 2. The van der Waals surface area contributed by atoms with Crippen LogP contribution in [0, 0.1) is 0 Å². The van der Waals surface area contributed by atoms with Gasteiger partial charge in [-0.05, 0) is 41.6 Å². The molecule has 2 aromatic rings. The quantitative estimate of drug-likeness (QED) is 0.475. The van der Waals surface area contributed by atoms with E-state index in [9.17, 15) is 18.0 Å². The number of alkyl halides is 3. The molecule has 0 atom stereocenters. The molecule has 2 rings (SSSR count).